The zero-order valence-corrected chi connectivity index (χ0v) is 9.58. The van der Waals surface area contributed by atoms with Gasteiger partial charge in [0.2, 0.25) is 0 Å². The Labute approximate surface area is 102 Å². The maximum absolute atomic E-state index is 13.0. The second-order valence-corrected chi connectivity index (χ2v) is 3.70. The molecular formula is C12H11FN2O3. The van der Waals surface area contributed by atoms with Crippen molar-refractivity contribution in [2.24, 2.45) is 0 Å². The summed E-state index contributed by atoms with van der Waals surface area (Å²) >= 11 is 0. The first-order valence-corrected chi connectivity index (χ1v) is 5.26. The minimum atomic E-state index is -1.06. The molecule has 0 saturated carbocycles. The van der Waals surface area contributed by atoms with Crippen LogP contribution in [0.4, 0.5) is 4.39 Å². The molecule has 0 bridgehead atoms. The number of carbonyl (C=O) groups is 1. The molecule has 0 aliphatic heterocycles. The zero-order valence-electron chi connectivity index (χ0n) is 9.58. The first-order valence-electron chi connectivity index (χ1n) is 5.26. The van der Waals surface area contributed by atoms with Gasteiger partial charge in [-0.2, -0.15) is 5.10 Å². The van der Waals surface area contributed by atoms with Crippen LogP contribution < -0.4 is 4.74 Å². The van der Waals surface area contributed by atoms with E-state index in [4.69, 9.17) is 9.84 Å². The lowest BCUT2D eigenvalue weighted by atomic mass is 10.3. The third-order valence-electron chi connectivity index (χ3n) is 2.29. The molecule has 94 valence electrons. The average molecular weight is 250 g/mol. The first kappa shape index (κ1) is 12.1. The molecule has 0 saturated heterocycles. The topological polar surface area (TPSA) is 64.4 Å². The van der Waals surface area contributed by atoms with Crippen LogP contribution in [0.5, 0.6) is 5.75 Å². The number of aromatic nitrogens is 2. The van der Waals surface area contributed by atoms with E-state index in [0.717, 1.165) is 0 Å². The lowest BCUT2D eigenvalue weighted by molar-refractivity contribution is -0.144. The van der Waals surface area contributed by atoms with Gasteiger partial charge in [-0.05, 0) is 25.1 Å². The predicted molar refractivity (Wildman–Crippen MR) is 61.2 cm³/mol. The molecular weight excluding hydrogens is 239 g/mol. The molecule has 0 radical (unpaired) electrons. The van der Waals surface area contributed by atoms with Gasteiger partial charge in [0.1, 0.15) is 5.82 Å². The number of hydrogen-bond acceptors (Lipinski definition) is 3. The van der Waals surface area contributed by atoms with E-state index in [9.17, 15) is 9.18 Å². The first-order chi connectivity index (χ1) is 8.56. The Morgan fingerprint density at radius 2 is 2.33 bits per heavy atom. The molecule has 1 unspecified atom stereocenters. The van der Waals surface area contributed by atoms with Crippen LogP contribution in [0.2, 0.25) is 0 Å². The maximum atomic E-state index is 13.0. The van der Waals surface area contributed by atoms with Crippen molar-refractivity contribution in [3.63, 3.8) is 0 Å². The zero-order chi connectivity index (χ0) is 13.1. The number of benzene rings is 1. The van der Waals surface area contributed by atoms with Crippen molar-refractivity contribution in [1.82, 2.24) is 9.78 Å². The molecule has 1 heterocycles. The summed E-state index contributed by atoms with van der Waals surface area (Å²) in [4.78, 5) is 10.6. The second kappa shape index (κ2) is 4.87. The fourth-order valence-corrected chi connectivity index (χ4v) is 1.38. The van der Waals surface area contributed by atoms with Crippen LogP contribution in [0.3, 0.4) is 0 Å². The highest BCUT2D eigenvalue weighted by Crippen LogP contribution is 2.15. The van der Waals surface area contributed by atoms with E-state index in [-0.39, 0.29) is 5.82 Å². The van der Waals surface area contributed by atoms with E-state index in [1.165, 1.54) is 36.1 Å². The monoisotopic (exact) mass is 250 g/mol. The van der Waals surface area contributed by atoms with Crippen molar-refractivity contribution in [3.8, 4) is 11.4 Å². The number of carboxylic acids is 1. The minimum Gasteiger partial charge on any atom is -0.479 e. The Balaban J connectivity index is 2.18. The van der Waals surface area contributed by atoms with Crippen molar-refractivity contribution in [1.29, 1.82) is 0 Å². The number of halogens is 1. The Bertz CT molecular complexity index is 568. The van der Waals surface area contributed by atoms with Crippen LogP contribution in [0.25, 0.3) is 5.69 Å². The molecule has 1 aromatic heterocycles. The summed E-state index contributed by atoms with van der Waals surface area (Å²) in [5, 5.41) is 12.7. The molecule has 0 aliphatic carbocycles. The molecule has 5 nitrogen and oxygen atoms in total. The summed E-state index contributed by atoms with van der Waals surface area (Å²) in [6.45, 7) is 1.42. The van der Waals surface area contributed by atoms with Gasteiger partial charge in [0.15, 0.2) is 11.9 Å². The smallest absolute Gasteiger partial charge is 0.344 e. The third kappa shape index (κ3) is 2.65. The highest BCUT2D eigenvalue weighted by Gasteiger charge is 2.13. The van der Waals surface area contributed by atoms with Crippen LogP contribution in [0.15, 0.2) is 36.7 Å². The summed E-state index contributed by atoms with van der Waals surface area (Å²) in [7, 11) is 0. The van der Waals surface area contributed by atoms with Gasteiger partial charge in [0.25, 0.3) is 0 Å². The Morgan fingerprint density at radius 1 is 1.56 bits per heavy atom. The fourth-order valence-electron chi connectivity index (χ4n) is 1.38. The summed E-state index contributed by atoms with van der Waals surface area (Å²) in [6, 6.07) is 5.89. The summed E-state index contributed by atoms with van der Waals surface area (Å²) in [5.41, 5.74) is 0.535. The predicted octanol–water partition coefficient (Wildman–Crippen LogP) is 1.86. The molecule has 1 atom stereocenters. The average Bonchev–Trinajstić information content (AvgIpc) is 2.77. The molecule has 1 N–H and O–H groups in total. The molecule has 2 rings (SSSR count). The number of nitrogens with zero attached hydrogens (tertiary/aromatic N) is 2. The van der Waals surface area contributed by atoms with Gasteiger partial charge in [-0.1, -0.05) is 6.07 Å². The standard InChI is InChI=1S/C12H11FN2O3/c1-8(12(16)17)18-11-6-14-15(7-11)10-4-2-3-9(13)5-10/h2-8H,1H3,(H,16,17). The summed E-state index contributed by atoms with van der Waals surface area (Å²) < 4.78 is 19.6. The normalized spacial score (nSPS) is 12.1. The van der Waals surface area contributed by atoms with E-state index >= 15 is 0 Å². The summed E-state index contributed by atoms with van der Waals surface area (Å²) in [6.07, 6.45) is 1.91. The highest BCUT2D eigenvalue weighted by atomic mass is 19.1. The van der Waals surface area contributed by atoms with Crippen molar-refractivity contribution in [3.05, 3.63) is 42.5 Å². The van der Waals surface area contributed by atoms with Gasteiger partial charge in [-0.3, -0.25) is 0 Å². The van der Waals surface area contributed by atoms with Crippen molar-refractivity contribution in [2.45, 2.75) is 13.0 Å². The Hall–Kier alpha value is -2.37. The van der Waals surface area contributed by atoms with E-state index in [2.05, 4.69) is 5.10 Å². The SMILES string of the molecule is CC(Oc1cnn(-c2cccc(F)c2)c1)C(=O)O. The van der Waals surface area contributed by atoms with Crippen molar-refractivity contribution < 1.29 is 19.0 Å². The molecule has 0 fully saturated rings. The quantitative estimate of drug-likeness (QED) is 0.899. The molecule has 18 heavy (non-hydrogen) atoms. The number of hydrogen-bond donors (Lipinski definition) is 1. The van der Waals surface area contributed by atoms with Gasteiger partial charge < -0.3 is 9.84 Å². The van der Waals surface area contributed by atoms with E-state index in [0.29, 0.717) is 11.4 Å². The highest BCUT2D eigenvalue weighted by molar-refractivity contribution is 5.72. The lowest BCUT2D eigenvalue weighted by Gasteiger charge is -2.06. The molecule has 0 aliphatic rings. The van der Waals surface area contributed by atoms with Gasteiger partial charge in [0, 0.05) is 0 Å². The number of ether oxygens (including phenoxy) is 1. The van der Waals surface area contributed by atoms with Gasteiger partial charge >= 0.3 is 5.97 Å². The molecule has 2 aromatic rings. The van der Waals surface area contributed by atoms with Crippen LogP contribution >= 0.6 is 0 Å². The molecule has 1 aromatic carbocycles. The molecule has 0 spiro atoms. The van der Waals surface area contributed by atoms with Crippen molar-refractivity contribution >= 4 is 5.97 Å². The molecule has 6 heteroatoms. The Morgan fingerprint density at radius 3 is 3.00 bits per heavy atom. The summed E-state index contributed by atoms with van der Waals surface area (Å²) in [5.74, 6) is -1.12. The Kier molecular flexibility index (Phi) is 3.27. The van der Waals surface area contributed by atoms with Gasteiger partial charge in [-0.15, -0.1) is 0 Å². The fraction of sp³-hybridized carbons (Fsp3) is 0.167. The molecule has 0 amide bonds. The number of aliphatic carboxylic acids is 1. The minimum absolute atomic E-state index is 0.314. The maximum Gasteiger partial charge on any atom is 0.344 e. The number of carboxylic acid groups (broad SMARTS) is 1. The largest absolute Gasteiger partial charge is 0.479 e. The van der Waals surface area contributed by atoms with Gasteiger partial charge in [0.05, 0.1) is 18.1 Å². The van der Waals surface area contributed by atoms with Crippen molar-refractivity contribution in [2.75, 3.05) is 0 Å². The second-order valence-electron chi connectivity index (χ2n) is 3.70. The van der Waals surface area contributed by atoms with E-state index in [1.807, 2.05) is 0 Å². The van der Waals surface area contributed by atoms with Crippen LogP contribution in [0, 0.1) is 5.82 Å². The lowest BCUT2D eigenvalue weighted by Crippen LogP contribution is -2.22. The third-order valence-corrected chi connectivity index (χ3v) is 2.29. The van der Waals surface area contributed by atoms with Crippen LogP contribution in [-0.4, -0.2) is 27.0 Å². The van der Waals surface area contributed by atoms with E-state index < -0.39 is 12.1 Å². The van der Waals surface area contributed by atoms with E-state index in [1.54, 1.807) is 12.1 Å². The van der Waals surface area contributed by atoms with Crippen LogP contribution in [-0.2, 0) is 4.79 Å². The van der Waals surface area contributed by atoms with Gasteiger partial charge in [-0.25, -0.2) is 13.9 Å². The van der Waals surface area contributed by atoms with Crippen LogP contribution in [0.1, 0.15) is 6.92 Å². The number of rotatable bonds is 4.